The number of unbranched alkanes of at least 4 members (excludes halogenated alkanes) is 8. The number of nitrogens with two attached hydrogens (primary N) is 1. The molecule has 0 aliphatic rings. The van der Waals surface area contributed by atoms with Crippen molar-refractivity contribution < 1.29 is 42.7 Å². The SMILES string of the molecule is CC/C=C\C/C=C\C/C=C\C/C=C\CCC(=O)OC(COCCCCCCCCCCC)COP(=O)(O)OCC(N)C(=O)O. The van der Waals surface area contributed by atoms with Crippen LogP contribution < -0.4 is 5.73 Å². The Kier molecular flexibility index (Phi) is 28.2. The van der Waals surface area contributed by atoms with Crippen LogP contribution in [-0.2, 0) is 32.7 Å². The molecule has 0 heterocycles. The Bertz CT molecular complexity index is 888. The van der Waals surface area contributed by atoms with Crippen molar-refractivity contribution >= 4 is 19.8 Å². The molecule has 0 fully saturated rings. The topological polar surface area (TPSA) is 155 Å². The molecule has 0 aromatic rings. The maximum Gasteiger partial charge on any atom is 0.472 e. The van der Waals surface area contributed by atoms with Crippen LogP contribution in [0, 0.1) is 0 Å². The van der Waals surface area contributed by atoms with Crippen LogP contribution in [-0.4, -0.2) is 60.5 Å². The zero-order valence-electron chi connectivity index (χ0n) is 27.0. The summed E-state index contributed by atoms with van der Waals surface area (Å²) in [5.74, 6) is -1.87. The molecule has 254 valence electrons. The number of phosphoric acid groups is 1. The van der Waals surface area contributed by atoms with Gasteiger partial charge in [-0.3, -0.25) is 18.6 Å². The molecule has 0 bridgehead atoms. The van der Waals surface area contributed by atoms with Gasteiger partial charge in [-0.05, 0) is 38.5 Å². The number of hydrogen-bond donors (Lipinski definition) is 3. The van der Waals surface area contributed by atoms with Crippen molar-refractivity contribution in [2.45, 2.75) is 122 Å². The van der Waals surface area contributed by atoms with Crippen LogP contribution >= 0.6 is 7.82 Å². The van der Waals surface area contributed by atoms with Crippen LogP contribution in [0.4, 0.5) is 0 Å². The van der Waals surface area contributed by atoms with Gasteiger partial charge in [-0.1, -0.05) is 114 Å². The molecule has 0 aliphatic heterocycles. The molecule has 3 atom stereocenters. The number of phosphoric ester groups is 1. The van der Waals surface area contributed by atoms with E-state index in [0.717, 1.165) is 44.9 Å². The summed E-state index contributed by atoms with van der Waals surface area (Å²) in [6.07, 6.45) is 30.5. The predicted molar refractivity (Wildman–Crippen MR) is 175 cm³/mol. The van der Waals surface area contributed by atoms with Gasteiger partial charge >= 0.3 is 19.8 Å². The molecule has 3 unspecified atom stereocenters. The fraction of sp³-hybridized carbons (Fsp3) is 0.697. The first-order valence-corrected chi connectivity index (χ1v) is 17.7. The van der Waals surface area contributed by atoms with Crippen LogP contribution in [0.3, 0.4) is 0 Å². The number of rotatable bonds is 30. The molecule has 4 N–H and O–H groups in total. The van der Waals surface area contributed by atoms with Crippen LogP contribution in [0.2, 0.25) is 0 Å². The Hall–Kier alpha value is -2.07. The molecule has 0 saturated carbocycles. The Morgan fingerprint density at radius 2 is 1.27 bits per heavy atom. The van der Waals surface area contributed by atoms with Crippen LogP contribution in [0.15, 0.2) is 48.6 Å². The first kappa shape index (κ1) is 41.9. The van der Waals surface area contributed by atoms with Gasteiger partial charge in [0.05, 0.1) is 19.8 Å². The van der Waals surface area contributed by atoms with Gasteiger partial charge in [-0.25, -0.2) is 4.57 Å². The lowest BCUT2D eigenvalue weighted by Crippen LogP contribution is -2.34. The van der Waals surface area contributed by atoms with E-state index in [0.29, 0.717) is 13.0 Å². The average Bonchev–Trinajstić information content (AvgIpc) is 2.99. The van der Waals surface area contributed by atoms with Crippen LogP contribution in [0.5, 0.6) is 0 Å². The molecule has 0 aromatic carbocycles. The van der Waals surface area contributed by atoms with Crippen molar-refractivity contribution in [2.24, 2.45) is 5.73 Å². The van der Waals surface area contributed by atoms with E-state index in [-0.39, 0.29) is 13.0 Å². The minimum Gasteiger partial charge on any atom is -0.480 e. The molecule has 0 rings (SSSR count). The van der Waals surface area contributed by atoms with Crippen molar-refractivity contribution in [1.29, 1.82) is 0 Å². The van der Waals surface area contributed by atoms with Gasteiger partial charge in [0.2, 0.25) is 0 Å². The smallest absolute Gasteiger partial charge is 0.472 e. The van der Waals surface area contributed by atoms with E-state index >= 15 is 0 Å². The van der Waals surface area contributed by atoms with Crippen LogP contribution in [0.25, 0.3) is 0 Å². The van der Waals surface area contributed by atoms with Crippen molar-refractivity contribution in [2.75, 3.05) is 26.4 Å². The fourth-order valence-electron chi connectivity index (χ4n) is 3.85. The Balaban J connectivity index is 4.52. The maximum absolute atomic E-state index is 12.4. The number of ether oxygens (including phenoxy) is 2. The number of carbonyl (C=O) groups excluding carboxylic acids is 1. The molecule has 0 aromatic heterocycles. The zero-order chi connectivity index (χ0) is 32.7. The van der Waals surface area contributed by atoms with Crippen molar-refractivity contribution in [1.82, 2.24) is 0 Å². The number of esters is 1. The van der Waals surface area contributed by atoms with E-state index in [9.17, 15) is 19.0 Å². The summed E-state index contributed by atoms with van der Waals surface area (Å²) in [6, 6.07) is -1.48. The van der Waals surface area contributed by atoms with Crippen molar-refractivity contribution in [3.8, 4) is 0 Å². The minimum absolute atomic E-state index is 0.0125. The standard InChI is InChI=1S/C33H58NO9P/c1-3-5-7-9-11-13-14-15-16-17-19-21-23-25-32(35)43-30(28-41-44(38,39)42-29-31(34)33(36)37)27-40-26-24-22-20-18-12-10-8-6-4-2/h5,7,11,13,15-16,19,21,30-31H,3-4,6,8-10,12,14,17-18,20,22-29,34H2,1-2H3,(H,36,37)(H,38,39)/b7-5-,13-11-,16-15-,21-19-. The summed E-state index contributed by atoms with van der Waals surface area (Å²) >= 11 is 0. The number of carbonyl (C=O) groups is 2. The molecule has 0 spiro atoms. The molecule has 0 radical (unpaired) electrons. The van der Waals surface area contributed by atoms with Crippen LogP contribution in [0.1, 0.15) is 110 Å². The summed E-state index contributed by atoms with van der Waals surface area (Å²) in [6.45, 7) is 3.61. The zero-order valence-corrected chi connectivity index (χ0v) is 27.9. The van der Waals surface area contributed by atoms with Gasteiger partial charge in [-0.2, -0.15) is 0 Å². The molecule has 44 heavy (non-hydrogen) atoms. The van der Waals surface area contributed by atoms with E-state index in [1.54, 1.807) is 0 Å². The lowest BCUT2D eigenvalue weighted by Gasteiger charge is -2.20. The predicted octanol–water partition coefficient (Wildman–Crippen LogP) is 7.58. The largest absolute Gasteiger partial charge is 0.480 e. The van der Waals surface area contributed by atoms with Gasteiger partial charge in [0.15, 0.2) is 0 Å². The minimum atomic E-state index is -4.62. The molecular formula is C33H58NO9P. The maximum atomic E-state index is 12.4. The van der Waals surface area contributed by atoms with Gasteiger partial charge < -0.3 is 25.2 Å². The van der Waals surface area contributed by atoms with E-state index in [4.69, 9.17) is 24.8 Å². The fourth-order valence-corrected chi connectivity index (χ4v) is 4.63. The molecular weight excluding hydrogens is 585 g/mol. The second-order valence-corrected chi connectivity index (χ2v) is 12.0. The van der Waals surface area contributed by atoms with E-state index in [2.05, 4.69) is 54.8 Å². The summed E-state index contributed by atoms with van der Waals surface area (Å²) in [4.78, 5) is 33.1. The van der Waals surface area contributed by atoms with Crippen molar-refractivity contribution in [3.05, 3.63) is 48.6 Å². The third kappa shape index (κ3) is 28.7. The summed E-state index contributed by atoms with van der Waals surface area (Å²) in [5.41, 5.74) is 5.30. The van der Waals surface area contributed by atoms with E-state index < -0.39 is 45.1 Å². The first-order chi connectivity index (χ1) is 21.2. The monoisotopic (exact) mass is 643 g/mol. The summed E-state index contributed by atoms with van der Waals surface area (Å²) in [5, 5.41) is 8.82. The van der Waals surface area contributed by atoms with Crippen molar-refractivity contribution in [3.63, 3.8) is 0 Å². The first-order valence-electron chi connectivity index (χ1n) is 16.2. The quantitative estimate of drug-likeness (QED) is 0.0309. The van der Waals surface area contributed by atoms with E-state index in [1.165, 1.54) is 38.5 Å². The molecule has 0 aliphatic carbocycles. The Labute approximate surface area is 265 Å². The number of carboxylic acids is 1. The lowest BCUT2D eigenvalue weighted by atomic mass is 10.1. The number of allylic oxidation sites excluding steroid dienone is 8. The summed E-state index contributed by atoms with van der Waals surface area (Å²) in [7, 11) is -4.62. The summed E-state index contributed by atoms with van der Waals surface area (Å²) < 4.78 is 32.9. The van der Waals surface area contributed by atoms with Gasteiger partial charge in [0.25, 0.3) is 0 Å². The lowest BCUT2D eigenvalue weighted by molar-refractivity contribution is -0.154. The van der Waals surface area contributed by atoms with Gasteiger partial charge in [-0.15, -0.1) is 0 Å². The molecule has 10 nitrogen and oxygen atoms in total. The van der Waals surface area contributed by atoms with Gasteiger partial charge in [0.1, 0.15) is 12.1 Å². The highest BCUT2D eigenvalue weighted by Crippen LogP contribution is 2.43. The number of hydrogen-bond acceptors (Lipinski definition) is 8. The molecule has 0 amide bonds. The second kappa shape index (κ2) is 29.6. The highest BCUT2D eigenvalue weighted by molar-refractivity contribution is 7.47. The second-order valence-electron chi connectivity index (χ2n) is 10.6. The highest BCUT2D eigenvalue weighted by atomic mass is 31.2. The molecule has 11 heteroatoms. The number of carboxylic acid groups (broad SMARTS) is 1. The average molecular weight is 644 g/mol. The highest BCUT2D eigenvalue weighted by Gasteiger charge is 2.27. The third-order valence-electron chi connectivity index (χ3n) is 6.39. The van der Waals surface area contributed by atoms with E-state index in [1.807, 2.05) is 12.2 Å². The Morgan fingerprint density at radius 3 is 1.84 bits per heavy atom. The normalized spacial score (nSPS) is 15.0. The molecule has 0 saturated heterocycles. The van der Waals surface area contributed by atoms with Gasteiger partial charge in [0, 0.05) is 13.0 Å². The number of aliphatic carboxylic acids is 1. The third-order valence-corrected chi connectivity index (χ3v) is 7.34. The Morgan fingerprint density at radius 1 is 0.750 bits per heavy atom.